The molecule has 0 fully saturated rings. The summed E-state index contributed by atoms with van der Waals surface area (Å²) in [6.45, 7) is 13.1. The molecule has 2 aliphatic rings. The van der Waals surface area contributed by atoms with Crippen molar-refractivity contribution in [3.8, 4) is 0 Å². The van der Waals surface area contributed by atoms with E-state index in [0.717, 1.165) is 6.04 Å². The molecule has 0 bridgehead atoms. The molecule has 0 nitrogen and oxygen atoms in total. The van der Waals surface area contributed by atoms with Gasteiger partial charge in [-0.1, -0.05) is 180 Å². The number of benzene rings is 5. The van der Waals surface area contributed by atoms with Crippen LogP contribution in [0.1, 0.15) is 53.5 Å². The summed E-state index contributed by atoms with van der Waals surface area (Å²) in [6.07, 6.45) is 13.6. The number of hydrogen-bond donors (Lipinski definition) is 0. The van der Waals surface area contributed by atoms with Gasteiger partial charge >= 0.3 is 0 Å². The van der Waals surface area contributed by atoms with E-state index in [2.05, 4.69) is 154 Å². The van der Waals surface area contributed by atoms with E-state index in [9.17, 15) is 0 Å². The second-order valence-corrected chi connectivity index (χ2v) is 14.5. The molecule has 0 heterocycles. The third kappa shape index (κ3) is 5.60. The van der Waals surface area contributed by atoms with Gasteiger partial charge in [-0.15, -0.1) is 0 Å². The molecule has 0 spiro atoms. The fourth-order valence-corrected chi connectivity index (χ4v) is 11.0. The Kier molecular flexibility index (Phi) is 9.18. The average Bonchev–Trinajstić information content (AvgIpc) is 3.58. The van der Waals surface area contributed by atoms with Crippen molar-refractivity contribution < 1.29 is 26.2 Å². The van der Waals surface area contributed by atoms with Crippen LogP contribution in [0.2, 0.25) is 0 Å². The Labute approximate surface area is 288 Å². The smallest absolute Gasteiger partial charge is 0.0991 e. The number of fused-ring (bicyclic) bond motifs is 6. The fraction of sp³-hybridized carbons (Fsp3) is 0.116. The van der Waals surface area contributed by atoms with Crippen molar-refractivity contribution in [2.24, 2.45) is 0 Å². The van der Waals surface area contributed by atoms with Crippen LogP contribution in [0, 0.1) is 0 Å². The Balaban J connectivity index is 0.00000357. The molecule has 0 amide bonds. The van der Waals surface area contributed by atoms with Crippen LogP contribution >= 0.6 is 0 Å². The summed E-state index contributed by atoms with van der Waals surface area (Å²) in [4.78, 5) is 0. The van der Waals surface area contributed by atoms with Gasteiger partial charge in [0.2, 0.25) is 0 Å². The van der Waals surface area contributed by atoms with E-state index >= 15 is 0 Å². The van der Waals surface area contributed by atoms with Crippen molar-refractivity contribution in [1.82, 2.24) is 0 Å². The quantitative estimate of drug-likeness (QED) is 0.114. The first-order valence-electron chi connectivity index (χ1n) is 15.5. The van der Waals surface area contributed by atoms with E-state index < -0.39 is 8.80 Å². The molecule has 0 N–H and O–H groups in total. The summed E-state index contributed by atoms with van der Waals surface area (Å²) in [5, 5.41) is 8.24. The first-order chi connectivity index (χ1) is 21.6. The summed E-state index contributed by atoms with van der Waals surface area (Å²) >= 11 is 0. The van der Waals surface area contributed by atoms with Crippen molar-refractivity contribution in [2.75, 3.05) is 0 Å². The van der Waals surface area contributed by atoms with E-state index in [0.29, 0.717) is 0 Å². The van der Waals surface area contributed by atoms with Crippen LogP contribution < -0.4 is 0 Å². The van der Waals surface area contributed by atoms with Crippen LogP contribution in [0.15, 0.2) is 162 Å². The molecule has 0 saturated heterocycles. The molecular weight excluding hydrogens is 636 g/mol. The molecule has 2 unspecified atom stereocenters. The Morgan fingerprint density at radius 3 is 1.51 bits per heavy atom. The van der Waals surface area contributed by atoms with Crippen molar-refractivity contribution in [3.05, 3.63) is 190 Å². The van der Waals surface area contributed by atoms with Crippen LogP contribution in [-0.4, -0.2) is 8.80 Å². The maximum atomic E-state index is 4.25. The first kappa shape index (κ1) is 31.2. The molecule has 45 heavy (non-hydrogen) atoms. The largest absolute Gasteiger partial charge is 0.117 e. The third-order valence-electron chi connectivity index (χ3n) is 9.42. The van der Waals surface area contributed by atoms with Gasteiger partial charge in [0.1, 0.15) is 8.80 Å². The van der Waals surface area contributed by atoms with Gasteiger partial charge in [0.25, 0.3) is 0 Å². The summed E-state index contributed by atoms with van der Waals surface area (Å²) in [7, 11) is -1.32. The van der Waals surface area contributed by atoms with Gasteiger partial charge in [-0.2, -0.15) is 0 Å². The second kappa shape index (κ2) is 13.3. The van der Waals surface area contributed by atoms with Crippen molar-refractivity contribution in [2.45, 2.75) is 31.7 Å². The van der Waals surface area contributed by atoms with Crippen LogP contribution in [0.3, 0.4) is 0 Å². The van der Waals surface area contributed by atoms with Gasteiger partial charge in [-0.25, -0.2) is 0 Å². The molecule has 0 saturated carbocycles. The van der Waals surface area contributed by atoms with Crippen LogP contribution in [-0.2, 0) is 32.2 Å². The molecule has 2 heteroatoms. The van der Waals surface area contributed by atoms with Gasteiger partial charge in [-0.3, -0.25) is 0 Å². The van der Waals surface area contributed by atoms with Gasteiger partial charge < -0.3 is 0 Å². The molecule has 2 atom stereocenters. The monoisotopic (exact) mass is 671 g/mol. The maximum absolute atomic E-state index is 4.25. The Hall–Kier alpha value is -3.84. The molecule has 2 aliphatic carbocycles. The van der Waals surface area contributed by atoms with Gasteiger partial charge in [0, 0.05) is 38.0 Å². The van der Waals surface area contributed by atoms with E-state index in [1.54, 1.807) is 0 Å². The van der Waals surface area contributed by atoms with Gasteiger partial charge in [0.15, 0.2) is 0 Å². The SMILES string of the molecule is C=CC=C(C1C(C)=Cc2c1ccc1ccccc21)[Si](Cc1ccccc1)C(=CC=C)C1C(C)=Cc2c1ccc1ccccc21.[Zr]. The second-order valence-electron chi connectivity index (χ2n) is 12.1. The van der Waals surface area contributed by atoms with Crippen molar-refractivity contribution >= 4 is 42.5 Å². The normalized spacial score (nSPS) is 17.5. The van der Waals surface area contributed by atoms with Gasteiger partial charge in [-0.05, 0) is 63.7 Å². The minimum absolute atomic E-state index is 0. The predicted molar refractivity (Wildman–Crippen MR) is 193 cm³/mol. The van der Waals surface area contributed by atoms with Crippen LogP contribution in [0.25, 0.3) is 33.7 Å². The van der Waals surface area contributed by atoms with E-state index in [-0.39, 0.29) is 38.0 Å². The zero-order valence-corrected chi connectivity index (χ0v) is 29.5. The zero-order chi connectivity index (χ0) is 30.2. The van der Waals surface area contributed by atoms with Gasteiger partial charge in [0.05, 0.1) is 0 Å². The number of rotatable bonds is 8. The summed E-state index contributed by atoms with van der Waals surface area (Å²) in [5.41, 5.74) is 9.74. The summed E-state index contributed by atoms with van der Waals surface area (Å²) in [5.74, 6) is 0.445. The Morgan fingerprint density at radius 2 is 1.04 bits per heavy atom. The summed E-state index contributed by atoms with van der Waals surface area (Å²) < 4.78 is 0. The maximum Gasteiger partial charge on any atom is 0.117 e. The van der Waals surface area contributed by atoms with E-state index in [4.69, 9.17) is 0 Å². The molecular formula is C43H37SiZr. The topological polar surface area (TPSA) is 0 Å². The van der Waals surface area contributed by atoms with Crippen molar-refractivity contribution in [3.63, 3.8) is 0 Å². The predicted octanol–water partition coefficient (Wildman–Crippen LogP) is 11.3. The zero-order valence-electron chi connectivity index (χ0n) is 26.1. The number of hydrogen-bond acceptors (Lipinski definition) is 0. The Morgan fingerprint density at radius 1 is 0.600 bits per heavy atom. The minimum Gasteiger partial charge on any atom is -0.0991 e. The first-order valence-corrected chi connectivity index (χ1v) is 17.2. The standard InChI is InChI=1S/C43H37Si.Zr/c1-5-14-40(42-29(3)26-38-34-20-12-10-18-32(34)22-24-36(38)42)44(28-31-16-8-7-9-17-31)41(15-6-2)43-30(4)27-39-35-21-13-11-19-33(35)23-25-37(39)43;/h5-27,42-43H,1-2,28H2,3-4H3;. The molecule has 7 rings (SSSR count). The number of allylic oxidation sites excluding steroid dienone is 8. The van der Waals surface area contributed by atoms with E-state index in [1.165, 1.54) is 70.9 Å². The molecule has 5 aromatic carbocycles. The van der Waals surface area contributed by atoms with Crippen LogP contribution in [0.4, 0.5) is 0 Å². The van der Waals surface area contributed by atoms with Crippen molar-refractivity contribution in [1.29, 1.82) is 0 Å². The molecule has 217 valence electrons. The molecule has 5 aromatic rings. The van der Waals surface area contributed by atoms with E-state index in [1.807, 2.05) is 12.2 Å². The molecule has 0 aliphatic heterocycles. The average molecular weight is 673 g/mol. The minimum atomic E-state index is -1.32. The fourth-order valence-electron chi connectivity index (χ4n) is 7.56. The van der Waals surface area contributed by atoms with Crippen LogP contribution in [0.5, 0.6) is 0 Å². The Bertz CT molecular complexity index is 1930. The third-order valence-corrected chi connectivity index (χ3v) is 12.5. The molecule has 0 aromatic heterocycles. The molecule has 1 radical (unpaired) electrons. The summed E-state index contributed by atoms with van der Waals surface area (Å²) in [6, 6.07) is 38.9.